The van der Waals surface area contributed by atoms with Crippen LogP contribution >= 0.6 is 0 Å². The molecule has 0 saturated heterocycles. The zero-order chi connectivity index (χ0) is 48.6. The zero-order valence-electron chi connectivity index (χ0n) is 44.9. The molecular formula is C61H112O6. The molecule has 0 amide bonds. The summed E-state index contributed by atoms with van der Waals surface area (Å²) in [4.78, 5) is 38.1. The second-order valence-corrected chi connectivity index (χ2v) is 19.9. The molecule has 0 aliphatic carbocycles. The van der Waals surface area contributed by atoms with Crippen LogP contribution in [0.1, 0.15) is 316 Å². The average molecular weight is 942 g/mol. The van der Waals surface area contributed by atoms with Gasteiger partial charge in [-0.25, -0.2) is 0 Å². The van der Waals surface area contributed by atoms with Crippen LogP contribution in [-0.2, 0) is 28.6 Å². The highest BCUT2D eigenvalue weighted by Gasteiger charge is 2.19. The van der Waals surface area contributed by atoms with E-state index in [-0.39, 0.29) is 31.1 Å². The smallest absolute Gasteiger partial charge is 0.306 e. The van der Waals surface area contributed by atoms with Crippen molar-refractivity contribution in [3.8, 4) is 0 Å². The minimum atomic E-state index is -0.776. The van der Waals surface area contributed by atoms with E-state index in [1.165, 1.54) is 193 Å². The second-order valence-electron chi connectivity index (χ2n) is 19.9. The molecule has 0 bridgehead atoms. The Morgan fingerprint density at radius 1 is 0.299 bits per heavy atom. The summed E-state index contributed by atoms with van der Waals surface area (Å²) in [6.07, 6.45) is 67.2. The summed E-state index contributed by atoms with van der Waals surface area (Å²) in [5.74, 6) is -0.877. The van der Waals surface area contributed by atoms with Crippen LogP contribution in [-0.4, -0.2) is 37.2 Å². The fraction of sp³-hybridized carbons (Fsp3) is 0.852. The molecule has 1 unspecified atom stereocenters. The molecule has 0 aromatic heterocycles. The molecule has 0 spiro atoms. The minimum absolute atomic E-state index is 0.0746. The monoisotopic (exact) mass is 941 g/mol. The lowest BCUT2D eigenvalue weighted by Gasteiger charge is -2.18. The number of allylic oxidation sites excluding steroid dienone is 6. The van der Waals surface area contributed by atoms with Gasteiger partial charge in [0.15, 0.2) is 6.10 Å². The number of carbonyl (C=O) groups is 3. The van der Waals surface area contributed by atoms with Gasteiger partial charge in [0, 0.05) is 19.3 Å². The molecule has 0 aliphatic heterocycles. The van der Waals surface area contributed by atoms with Gasteiger partial charge < -0.3 is 14.2 Å². The number of hydrogen-bond acceptors (Lipinski definition) is 6. The Labute approximate surface area is 416 Å². The van der Waals surface area contributed by atoms with Gasteiger partial charge in [-0.15, -0.1) is 0 Å². The number of carbonyl (C=O) groups excluding carboxylic acids is 3. The van der Waals surface area contributed by atoms with Gasteiger partial charge in [-0.05, 0) is 70.6 Å². The molecule has 392 valence electrons. The van der Waals surface area contributed by atoms with Crippen molar-refractivity contribution in [2.75, 3.05) is 13.2 Å². The van der Waals surface area contributed by atoms with E-state index < -0.39 is 6.10 Å². The summed E-state index contributed by atoms with van der Waals surface area (Å²) in [5.41, 5.74) is 0. The molecule has 0 aliphatic rings. The van der Waals surface area contributed by atoms with Gasteiger partial charge in [0.05, 0.1) is 0 Å². The predicted molar refractivity (Wildman–Crippen MR) is 289 cm³/mol. The van der Waals surface area contributed by atoms with Crippen molar-refractivity contribution in [1.82, 2.24) is 0 Å². The lowest BCUT2D eigenvalue weighted by molar-refractivity contribution is -0.167. The standard InChI is InChI=1S/C61H112O6/c1-4-7-10-13-16-19-22-24-26-28-30-31-32-34-35-37-39-42-45-48-51-54-60(63)66-57-58(56-65-59(62)53-50-47-44-41-21-18-15-12-9-6-3)67-61(64)55-52-49-46-43-40-38-36-33-29-27-25-23-20-17-14-11-8-5-2/h12,15,20,23,27,29,58H,4-11,13-14,16-19,21-22,24-26,28,30-57H2,1-3H3/b15-12-,23-20-,29-27-. The van der Waals surface area contributed by atoms with Gasteiger partial charge in [0.25, 0.3) is 0 Å². The number of rotatable bonds is 54. The molecule has 0 heterocycles. The number of unbranched alkanes of at least 4 members (excludes halogenated alkanes) is 37. The van der Waals surface area contributed by atoms with E-state index in [2.05, 4.69) is 57.2 Å². The molecule has 1 atom stereocenters. The Bertz CT molecular complexity index is 1130. The molecule has 0 aromatic rings. The van der Waals surface area contributed by atoms with Gasteiger partial charge in [0.2, 0.25) is 0 Å². The maximum atomic E-state index is 12.8. The lowest BCUT2D eigenvalue weighted by Crippen LogP contribution is -2.30. The van der Waals surface area contributed by atoms with Gasteiger partial charge in [-0.2, -0.15) is 0 Å². The molecular weight excluding hydrogens is 829 g/mol. The maximum Gasteiger partial charge on any atom is 0.306 e. The van der Waals surface area contributed by atoms with Gasteiger partial charge in [0.1, 0.15) is 13.2 Å². The average Bonchev–Trinajstić information content (AvgIpc) is 3.33. The Kier molecular flexibility index (Phi) is 54.2. The molecule has 0 aromatic carbocycles. The second kappa shape index (κ2) is 56.2. The topological polar surface area (TPSA) is 78.9 Å². The van der Waals surface area contributed by atoms with Gasteiger partial charge in [-0.1, -0.05) is 263 Å². The SMILES string of the molecule is CCC/C=C\CCCCCCCC(=O)OCC(COC(=O)CCCCCCCCCCCCCCCCCCCCCCC)OC(=O)CCCCCCCCC/C=C\C/C=C\CCCCCC. The number of ether oxygens (including phenoxy) is 3. The first kappa shape index (κ1) is 64.6. The third kappa shape index (κ3) is 54.4. The molecule has 6 nitrogen and oxygen atoms in total. The summed E-state index contributed by atoms with van der Waals surface area (Å²) in [6, 6.07) is 0. The van der Waals surface area contributed by atoms with Gasteiger partial charge in [-0.3, -0.25) is 14.4 Å². The van der Waals surface area contributed by atoms with Crippen molar-refractivity contribution in [3.63, 3.8) is 0 Å². The molecule has 0 fully saturated rings. The first-order chi connectivity index (χ1) is 33.0. The van der Waals surface area contributed by atoms with Crippen molar-refractivity contribution in [2.24, 2.45) is 0 Å². The van der Waals surface area contributed by atoms with Crippen LogP contribution in [0.5, 0.6) is 0 Å². The summed E-state index contributed by atoms with van der Waals surface area (Å²) in [7, 11) is 0. The van der Waals surface area contributed by atoms with E-state index in [1.807, 2.05) is 0 Å². The Morgan fingerprint density at radius 2 is 0.567 bits per heavy atom. The van der Waals surface area contributed by atoms with E-state index in [0.29, 0.717) is 19.3 Å². The largest absolute Gasteiger partial charge is 0.462 e. The highest BCUT2D eigenvalue weighted by molar-refractivity contribution is 5.71. The lowest BCUT2D eigenvalue weighted by atomic mass is 10.0. The van der Waals surface area contributed by atoms with Crippen LogP contribution in [0.3, 0.4) is 0 Å². The van der Waals surface area contributed by atoms with Crippen LogP contribution in [0.15, 0.2) is 36.5 Å². The van der Waals surface area contributed by atoms with Crippen molar-refractivity contribution >= 4 is 17.9 Å². The van der Waals surface area contributed by atoms with E-state index in [0.717, 1.165) is 83.5 Å². The molecule has 6 heteroatoms. The fourth-order valence-electron chi connectivity index (χ4n) is 8.65. The van der Waals surface area contributed by atoms with Crippen LogP contribution in [0.25, 0.3) is 0 Å². The molecule has 0 saturated carbocycles. The Balaban J connectivity index is 4.25. The Morgan fingerprint density at radius 3 is 0.910 bits per heavy atom. The fourth-order valence-corrected chi connectivity index (χ4v) is 8.65. The van der Waals surface area contributed by atoms with E-state index in [9.17, 15) is 14.4 Å². The van der Waals surface area contributed by atoms with Crippen molar-refractivity contribution in [1.29, 1.82) is 0 Å². The number of hydrogen-bond donors (Lipinski definition) is 0. The van der Waals surface area contributed by atoms with E-state index in [4.69, 9.17) is 14.2 Å². The quantitative estimate of drug-likeness (QED) is 0.0262. The van der Waals surface area contributed by atoms with E-state index in [1.54, 1.807) is 0 Å². The molecule has 67 heavy (non-hydrogen) atoms. The van der Waals surface area contributed by atoms with Crippen molar-refractivity contribution < 1.29 is 28.6 Å². The normalized spacial score (nSPS) is 12.2. The van der Waals surface area contributed by atoms with Crippen molar-refractivity contribution in [3.05, 3.63) is 36.5 Å². The van der Waals surface area contributed by atoms with Crippen LogP contribution in [0, 0.1) is 0 Å². The molecule has 0 rings (SSSR count). The summed E-state index contributed by atoms with van der Waals surface area (Å²) >= 11 is 0. The highest BCUT2D eigenvalue weighted by atomic mass is 16.6. The summed E-state index contributed by atoms with van der Waals surface area (Å²) in [6.45, 7) is 6.59. The molecule has 0 radical (unpaired) electrons. The van der Waals surface area contributed by atoms with Gasteiger partial charge >= 0.3 is 17.9 Å². The summed E-state index contributed by atoms with van der Waals surface area (Å²) in [5, 5.41) is 0. The zero-order valence-corrected chi connectivity index (χ0v) is 44.9. The predicted octanol–water partition coefficient (Wildman–Crippen LogP) is 19.7. The first-order valence-corrected chi connectivity index (χ1v) is 29.5. The third-order valence-electron chi connectivity index (χ3n) is 13.1. The first-order valence-electron chi connectivity index (χ1n) is 29.5. The number of esters is 3. The van der Waals surface area contributed by atoms with Crippen molar-refractivity contribution in [2.45, 2.75) is 322 Å². The maximum absolute atomic E-state index is 12.8. The van der Waals surface area contributed by atoms with Crippen LogP contribution in [0.4, 0.5) is 0 Å². The Hall–Kier alpha value is -2.37. The summed E-state index contributed by atoms with van der Waals surface area (Å²) < 4.78 is 16.8. The highest BCUT2D eigenvalue weighted by Crippen LogP contribution is 2.17. The van der Waals surface area contributed by atoms with Crippen LogP contribution < -0.4 is 0 Å². The minimum Gasteiger partial charge on any atom is -0.462 e. The molecule has 0 N–H and O–H groups in total. The van der Waals surface area contributed by atoms with Crippen LogP contribution in [0.2, 0.25) is 0 Å². The van der Waals surface area contributed by atoms with E-state index >= 15 is 0 Å². The third-order valence-corrected chi connectivity index (χ3v) is 13.1.